The topological polar surface area (TPSA) is 59.0 Å². The number of hydrogen-bond donors (Lipinski definition) is 1. The first-order valence-corrected chi connectivity index (χ1v) is 6.00. The Labute approximate surface area is 103 Å². The third-order valence-corrected chi connectivity index (χ3v) is 2.91. The van der Waals surface area contributed by atoms with Crippen molar-refractivity contribution in [2.24, 2.45) is 0 Å². The molecule has 1 aliphatic heterocycles. The Bertz CT molecular complexity index is 287. The van der Waals surface area contributed by atoms with Gasteiger partial charge in [0.25, 0.3) is 0 Å². The van der Waals surface area contributed by atoms with Crippen LogP contribution >= 0.6 is 0 Å². The van der Waals surface area contributed by atoms with E-state index in [4.69, 9.17) is 9.47 Å². The van der Waals surface area contributed by atoms with E-state index in [-0.39, 0.29) is 5.97 Å². The Morgan fingerprint density at radius 3 is 2.47 bits per heavy atom. The summed E-state index contributed by atoms with van der Waals surface area (Å²) in [6.45, 7) is 10.1. The molecule has 1 fully saturated rings. The maximum atomic E-state index is 11.8. The minimum absolute atomic E-state index is 0.303. The fourth-order valence-corrected chi connectivity index (χ4v) is 1.82. The lowest BCUT2D eigenvalue weighted by Gasteiger charge is -2.50. The van der Waals surface area contributed by atoms with Crippen molar-refractivity contribution in [2.45, 2.75) is 58.6 Å². The van der Waals surface area contributed by atoms with Gasteiger partial charge in [0.05, 0.1) is 12.2 Å². The number of aliphatic hydroxyl groups excluding tert-OH is 1. The van der Waals surface area contributed by atoms with Crippen molar-refractivity contribution < 1.29 is 19.4 Å². The van der Waals surface area contributed by atoms with Crippen LogP contribution in [0, 0.1) is 0 Å². The van der Waals surface area contributed by atoms with Crippen molar-refractivity contribution in [1.82, 2.24) is 4.90 Å². The third kappa shape index (κ3) is 3.18. The molecule has 17 heavy (non-hydrogen) atoms. The minimum atomic E-state index is -1.07. The molecule has 1 saturated heterocycles. The first kappa shape index (κ1) is 14.4. The zero-order valence-electron chi connectivity index (χ0n) is 11.3. The van der Waals surface area contributed by atoms with E-state index >= 15 is 0 Å². The Morgan fingerprint density at radius 2 is 2.12 bits per heavy atom. The lowest BCUT2D eigenvalue weighted by molar-refractivity contribution is -0.284. The highest BCUT2D eigenvalue weighted by molar-refractivity contribution is 5.81. The SMILES string of the molecule is CCOC(=O)C1(C)CCN1C(O)OC(C)(C)C. The van der Waals surface area contributed by atoms with Crippen molar-refractivity contribution in [3.63, 3.8) is 0 Å². The first-order valence-electron chi connectivity index (χ1n) is 6.00. The minimum Gasteiger partial charge on any atom is -0.465 e. The van der Waals surface area contributed by atoms with Crippen LogP contribution in [0.1, 0.15) is 41.0 Å². The molecular formula is C12H23NO4. The molecule has 5 heteroatoms. The number of esters is 1. The van der Waals surface area contributed by atoms with Gasteiger partial charge in [0.1, 0.15) is 5.54 Å². The average Bonchev–Trinajstić information content (AvgIpc) is 2.12. The predicted molar refractivity (Wildman–Crippen MR) is 63.2 cm³/mol. The summed E-state index contributed by atoms with van der Waals surface area (Å²) in [6, 6.07) is 0. The fraction of sp³-hybridized carbons (Fsp3) is 0.917. The average molecular weight is 245 g/mol. The molecule has 0 aliphatic carbocycles. The van der Waals surface area contributed by atoms with Crippen LogP contribution in [0.4, 0.5) is 0 Å². The molecule has 0 radical (unpaired) electrons. The number of aliphatic hydroxyl groups is 1. The van der Waals surface area contributed by atoms with Gasteiger partial charge >= 0.3 is 5.97 Å². The summed E-state index contributed by atoms with van der Waals surface area (Å²) < 4.78 is 10.5. The molecule has 1 N–H and O–H groups in total. The highest BCUT2D eigenvalue weighted by Crippen LogP contribution is 2.34. The Kier molecular flexibility index (Phi) is 4.17. The predicted octanol–water partition coefficient (Wildman–Crippen LogP) is 1.10. The first-order chi connectivity index (χ1) is 7.70. The van der Waals surface area contributed by atoms with Crippen LogP contribution in [0.25, 0.3) is 0 Å². The monoisotopic (exact) mass is 245 g/mol. The molecule has 2 unspecified atom stereocenters. The van der Waals surface area contributed by atoms with Gasteiger partial charge in [-0.3, -0.25) is 4.79 Å². The van der Waals surface area contributed by atoms with Crippen LogP contribution in [0.5, 0.6) is 0 Å². The molecule has 1 heterocycles. The number of hydrogen-bond acceptors (Lipinski definition) is 5. The Balaban J connectivity index is 2.64. The molecule has 0 spiro atoms. The van der Waals surface area contributed by atoms with Crippen LogP contribution in [0.15, 0.2) is 0 Å². The number of ether oxygens (including phenoxy) is 2. The second kappa shape index (κ2) is 4.92. The highest BCUT2D eigenvalue weighted by Gasteiger charge is 2.51. The summed E-state index contributed by atoms with van der Waals surface area (Å²) in [5, 5.41) is 9.95. The second-order valence-electron chi connectivity index (χ2n) is 5.49. The third-order valence-electron chi connectivity index (χ3n) is 2.91. The second-order valence-corrected chi connectivity index (χ2v) is 5.49. The molecule has 0 aromatic carbocycles. The molecule has 100 valence electrons. The van der Waals surface area contributed by atoms with Gasteiger partial charge in [-0.05, 0) is 41.0 Å². The van der Waals surface area contributed by atoms with Gasteiger partial charge in [0.2, 0.25) is 6.41 Å². The van der Waals surface area contributed by atoms with Crippen molar-refractivity contribution in [3.05, 3.63) is 0 Å². The number of rotatable bonds is 4. The molecule has 0 amide bonds. The summed E-state index contributed by atoms with van der Waals surface area (Å²) in [7, 11) is 0. The number of carbonyl (C=O) groups is 1. The molecule has 0 bridgehead atoms. The number of likely N-dealkylation sites (tertiary alicyclic amines) is 1. The van der Waals surface area contributed by atoms with Crippen LogP contribution in [-0.4, -0.2) is 46.7 Å². The van der Waals surface area contributed by atoms with Crippen LogP contribution in [0.2, 0.25) is 0 Å². The summed E-state index contributed by atoms with van der Waals surface area (Å²) in [4.78, 5) is 13.4. The summed E-state index contributed by atoms with van der Waals surface area (Å²) in [6.07, 6.45) is -0.394. The number of carbonyl (C=O) groups excluding carboxylic acids is 1. The maximum Gasteiger partial charge on any atom is 0.326 e. The van der Waals surface area contributed by atoms with E-state index in [1.165, 1.54) is 0 Å². The zero-order valence-corrected chi connectivity index (χ0v) is 11.3. The van der Waals surface area contributed by atoms with E-state index in [1.807, 2.05) is 20.8 Å². The smallest absolute Gasteiger partial charge is 0.326 e. The lowest BCUT2D eigenvalue weighted by Crippen LogP contribution is -2.67. The lowest BCUT2D eigenvalue weighted by atomic mass is 9.87. The van der Waals surface area contributed by atoms with Gasteiger partial charge in [0.15, 0.2) is 0 Å². The van der Waals surface area contributed by atoms with Crippen molar-refractivity contribution >= 4 is 5.97 Å². The maximum absolute atomic E-state index is 11.8. The van der Waals surface area contributed by atoms with Crippen molar-refractivity contribution in [2.75, 3.05) is 13.2 Å². The molecule has 5 nitrogen and oxygen atoms in total. The summed E-state index contributed by atoms with van der Waals surface area (Å²) in [5.41, 5.74) is -1.22. The quantitative estimate of drug-likeness (QED) is 0.594. The Hall–Kier alpha value is -0.650. The van der Waals surface area contributed by atoms with Crippen molar-refractivity contribution in [3.8, 4) is 0 Å². The summed E-state index contributed by atoms with van der Waals surface area (Å²) in [5.74, 6) is -0.303. The molecule has 1 rings (SSSR count). The molecule has 1 aliphatic rings. The van der Waals surface area contributed by atoms with Crippen LogP contribution in [0.3, 0.4) is 0 Å². The van der Waals surface area contributed by atoms with E-state index in [0.29, 0.717) is 19.6 Å². The van der Waals surface area contributed by atoms with Gasteiger partial charge in [-0.2, -0.15) is 0 Å². The largest absolute Gasteiger partial charge is 0.465 e. The van der Waals surface area contributed by atoms with E-state index < -0.39 is 17.6 Å². The van der Waals surface area contributed by atoms with E-state index in [0.717, 1.165) is 0 Å². The van der Waals surface area contributed by atoms with Crippen LogP contribution in [-0.2, 0) is 14.3 Å². The van der Waals surface area contributed by atoms with E-state index in [1.54, 1.807) is 18.7 Å². The summed E-state index contributed by atoms with van der Waals surface area (Å²) >= 11 is 0. The molecule has 2 atom stereocenters. The molecule has 0 saturated carbocycles. The van der Waals surface area contributed by atoms with Gasteiger partial charge < -0.3 is 14.6 Å². The van der Waals surface area contributed by atoms with Gasteiger partial charge in [-0.15, -0.1) is 0 Å². The Morgan fingerprint density at radius 1 is 1.53 bits per heavy atom. The highest BCUT2D eigenvalue weighted by atomic mass is 16.6. The van der Waals surface area contributed by atoms with Crippen LogP contribution < -0.4 is 0 Å². The standard InChI is InChI=1S/C12H23NO4/c1-6-16-9(14)12(5)7-8-13(12)10(15)17-11(2,3)4/h10,15H,6-8H2,1-5H3. The molecule has 0 aromatic rings. The number of nitrogens with zero attached hydrogens (tertiary/aromatic N) is 1. The van der Waals surface area contributed by atoms with Crippen molar-refractivity contribution in [1.29, 1.82) is 0 Å². The van der Waals surface area contributed by atoms with Gasteiger partial charge in [0, 0.05) is 6.54 Å². The van der Waals surface area contributed by atoms with E-state index in [9.17, 15) is 9.90 Å². The van der Waals surface area contributed by atoms with E-state index in [2.05, 4.69) is 0 Å². The van der Waals surface area contributed by atoms with Gasteiger partial charge in [-0.1, -0.05) is 0 Å². The molecule has 0 aromatic heterocycles. The molecular weight excluding hydrogens is 222 g/mol. The fourth-order valence-electron chi connectivity index (χ4n) is 1.82. The normalized spacial score (nSPS) is 27.4. The van der Waals surface area contributed by atoms with Gasteiger partial charge in [-0.25, -0.2) is 4.90 Å². The zero-order chi connectivity index (χ0) is 13.3.